The highest BCUT2D eigenvalue weighted by Crippen LogP contribution is 2.31. The second kappa shape index (κ2) is 14.5. The Morgan fingerprint density at radius 2 is 1.76 bits per heavy atom. The summed E-state index contributed by atoms with van der Waals surface area (Å²) in [5.41, 5.74) is 1.29. The Morgan fingerprint density at radius 1 is 1.08 bits per heavy atom. The van der Waals surface area contributed by atoms with Gasteiger partial charge >= 0.3 is 0 Å². The number of likely N-dealkylation sites (tertiary alicyclic amines) is 1. The molecule has 1 aliphatic heterocycles. The molecule has 2 N–H and O–H groups in total. The molecule has 10 nitrogen and oxygen atoms in total. The third-order valence-corrected chi connectivity index (χ3v) is 7.60. The fourth-order valence-corrected chi connectivity index (χ4v) is 5.27. The third-order valence-electron chi connectivity index (χ3n) is 6.90. The van der Waals surface area contributed by atoms with Crippen molar-refractivity contribution in [2.45, 2.75) is 32.1 Å². The van der Waals surface area contributed by atoms with Gasteiger partial charge in [0.2, 0.25) is 11.8 Å². The van der Waals surface area contributed by atoms with Crippen molar-refractivity contribution >= 4 is 33.9 Å². The van der Waals surface area contributed by atoms with E-state index < -0.39 is 29.4 Å². The van der Waals surface area contributed by atoms with Gasteiger partial charge in [0.15, 0.2) is 6.29 Å². The standard InChI is InChI=1S/C26H38N4O6S/c1-19(22-10-6-8-21-7-4-5-9-23(21)22)29-13-11-20(12-14-29)17-30(37(33)34)18-25(32)27-15-24(31)28-16-26(35-2)36-3/h4-10,19-20,26H,11-18H2,1-3H3,(H,27,32)(H,28,31)(H,33,34)/p-1. The number of carbonyl (C=O) groups is 2. The van der Waals surface area contributed by atoms with Gasteiger partial charge < -0.3 is 24.7 Å². The Labute approximate surface area is 221 Å². The van der Waals surface area contributed by atoms with Gasteiger partial charge in [-0.2, -0.15) is 0 Å². The van der Waals surface area contributed by atoms with Gasteiger partial charge in [-0.1, -0.05) is 42.5 Å². The van der Waals surface area contributed by atoms with Gasteiger partial charge in [-0.3, -0.25) is 18.7 Å². The molecule has 0 aromatic heterocycles. The molecule has 1 saturated heterocycles. The molecule has 2 amide bonds. The number of fused-ring (bicyclic) bond motifs is 1. The van der Waals surface area contributed by atoms with E-state index in [1.165, 1.54) is 30.6 Å². The first-order valence-corrected chi connectivity index (χ1v) is 13.5. The monoisotopic (exact) mass is 533 g/mol. The quantitative estimate of drug-likeness (QED) is 0.296. The van der Waals surface area contributed by atoms with Crippen LogP contribution in [0, 0.1) is 5.92 Å². The SMILES string of the molecule is COC(CNC(=O)CNC(=O)CN(CC1CCN(C(C)c2cccc3ccccc23)CC1)S(=O)[O-])OC. The number of hydrogen-bond acceptors (Lipinski definition) is 7. The second-order valence-electron chi connectivity index (χ2n) is 9.25. The van der Waals surface area contributed by atoms with Crippen LogP contribution in [0.4, 0.5) is 0 Å². The molecule has 2 atom stereocenters. The van der Waals surface area contributed by atoms with Gasteiger partial charge in [-0.25, -0.2) is 4.31 Å². The molecule has 0 spiro atoms. The smallest absolute Gasteiger partial charge is 0.239 e. The van der Waals surface area contributed by atoms with Gasteiger partial charge in [-0.05, 0) is 55.1 Å². The summed E-state index contributed by atoms with van der Waals surface area (Å²) in [6.45, 7) is 3.74. The molecule has 1 fully saturated rings. The molecule has 0 saturated carbocycles. The van der Waals surface area contributed by atoms with Crippen molar-refractivity contribution in [2.24, 2.45) is 5.92 Å². The number of piperidine rings is 1. The molecule has 3 rings (SSSR count). The van der Waals surface area contributed by atoms with E-state index in [1.807, 2.05) is 6.07 Å². The highest BCUT2D eigenvalue weighted by atomic mass is 32.2. The van der Waals surface area contributed by atoms with Crippen LogP contribution in [-0.2, 0) is 30.3 Å². The van der Waals surface area contributed by atoms with Crippen LogP contribution in [-0.4, -0.2) is 89.6 Å². The van der Waals surface area contributed by atoms with E-state index in [0.717, 1.165) is 30.2 Å². The zero-order valence-corrected chi connectivity index (χ0v) is 22.5. The number of methoxy groups -OCH3 is 2. The Balaban J connectivity index is 1.45. The molecule has 11 heteroatoms. The van der Waals surface area contributed by atoms with Crippen LogP contribution in [0.2, 0.25) is 0 Å². The van der Waals surface area contributed by atoms with Crippen molar-refractivity contribution in [1.29, 1.82) is 0 Å². The third kappa shape index (κ3) is 8.56. The summed E-state index contributed by atoms with van der Waals surface area (Å²) in [5.74, 6) is -0.795. The molecular formula is C26H37N4O6S-. The van der Waals surface area contributed by atoms with E-state index in [2.05, 4.69) is 58.9 Å². The van der Waals surface area contributed by atoms with E-state index in [4.69, 9.17) is 9.47 Å². The molecule has 0 bridgehead atoms. The fraction of sp³-hybridized carbons (Fsp3) is 0.538. The molecule has 1 aliphatic rings. The first kappa shape index (κ1) is 29.2. The van der Waals surface area contributed by atoms with Gasteiger partial charge in [-0.15, -0.1) is 0 Å². The number of benzene rings is 2. The summed E-state index contributed by atoms with van der Waals surface area (Å²) in [4.78, 5) is 26.6. The van der Waals surface area contributed by atoms with Crippen molar-refractivity contribution in [3.05, 3.63) is 48.0 Å². The molecule has 2 unspecified atom stereocenters. The van der Waals surface area contributed by atoms with E-state index >= 15 is 0 Å². The van der Waals surface area contributed by atoms with Gasteiger partial charge in [0.1, 0.15) is 0 Å². The fourth-order valence-electron chi connectivity index (χ4n) is 4.72. The number of ether oxygens (including phenoxy) is 2. The minimum Gasteiger partial charge on any atom is -0.760 e. The maximum absolute atomic E-state index is 12.3. The Kier molecular flexibility index (Phi) is 11.4. The van der Waals surface area contributed by atoms with Gasteiger partial charge in [0.05, 0.1) is 19.6 Å². The highest BCUT2D eigenvalue weighted by molar-refractivity contribution is 7.76. The van der Waals surface area contributed by atoms with E-state index in [0.29, 0.717) is 0 Å². The van der Waals surface area contributed by atoms with Crippen LogP contribution >= 0.6 is 0 Å². The zero-order valence-electron chi connectivity index (χ0n) is 21.7. The minimum absolute atomic E-state index is 0.135. The Bertz CT molecular complexity index is 1050. The number of nitrogens with zero attached hydrogens (tertiary/aromatic N) is 2. The van der Waals surface area contributed by atoms with Gasteiger partial charge in [0, 0.05) is 38.1 Å². The lowest BCUT2D eigenvalue weighted by molar-refractivity contribution is -0.129. The first-order chi connectivity index (χ1) is 17.8. The number of carbonyl (C=O) groups excluding carboxylic acids is 2. The molecule has 204 valence electrons. The highest BCUT2D eigenvalue weighted by Gasteiger charge is 2.26. The van der Waals surface area contributed by atoms with E-state index in [9.17, 15) is 18.4 Å². The summed E-state index contributed by atoms with van der Waals surface area (Å²) in [7, 11) is 2.91. The summed E-state index contributed by atoms with van der Waals surface area (Å²) < 4.78 is 34.7. The van der Waals surface area contributed by atoms with Crippen molar-refractivity contribution in [3.8, 4) is 0 Å². The maximum atomic E-state index is 12.3. The number of rotatable bonds is 13. The normalized spacial score (nSPS) is 16.7. The summed E-state index contributed by atoms with van der Waals surface area (Å²) in [6, 6.07) is 15.0. The molecule has 0 radical (unpaired) electrons. The van der Waals surface area contributed by atoms with Crippen molar-refractivity contribution in [1.82, 2.24) is 19.8 Å². The molecule has 37 heavy (non-hydrogen) atoms. The van der Waals surface area contributed by atoms with Crippen LogP contribution in [0.1, 0.15) is 31.4 Å². The van der Waals surface area contributed by atoms with Crippen LogP contribution < -0.4 is 10.6 Å². The molecule has 2 aromatic carbocycles. The largest absolute Gasteiger partial charge is 0.760 e. The summed E-state index contributed by atoms with van der Waals surface area (Å²) in [5, 5.41) is 7.51. The predicted octanol–water partition coefficient (Wildman–Crippen LogP) is 1.56. The minimum atomic E-state index is -2.54. The van der Waals surface area contributed by atoms with Crippen LogP contribution in [0.25, 0.3) is 10.8 Å². The Hall–Kier alpha value is -2.41. The van der Waals surface area contributed by atoms with Crippen molar-refractivity contribution < 1.29 is 27.8 Å². The van der Waals surface area contributed by atoms with Gasteiger partial charge in [0.25, 0.3) is 0 Å². The summed E-state index contributed by atoms with van der Waals surface area (Å²) >= 11 is -2.54. The average Bonchev–Trinajstić information content (AvgIpc) is 2.91. The average molecular weight is 534 g/mol. The second-order valence-corrected chi connectivity index (χ2v) is 10.2. The Morgan fingerprint density at radius 3 is 2.43 bits per heavy atom. The van der Waals surface area contributed by atoms with E-state index in [1.54, 1.807) is 0 Å². The van der Waals surface area contributed by atoms with Crippen molar-refractivity contribution in [2.75, 3.05) is 53.5 Å². The predicted molar refractivity (Wildman–Crippen MR) is 141 cm³/mol. The molecule has 1 heterocycles. The van der Waals surface area contributed by atoms with E-state index in [-0.39, 0.29) is 38.1 Å². The molecular weight excluding hydrogens is 496 g/mol. The summed E-state index contributed by atoms with van der Waals surface area (Å²) in [6.07, 6.45) is 1.10. The lowest BCUT2D eigenvalue weighted by Gasteiger charge is -2.38. The van der Waals surface area contributed by atoms with Crippen LogP contribution in [0.3, 0.4) is 0 Å². The number of amides is 2. The topological polar surface area (TPSA) is 123 Å². The van der Waals surface area contributed by atoms with Crippen LogP contribution in [0.5, 0.6) is 0 Å². The number of nitrogens with one attached hydrogen (secondary N) is 2. The van der Waals surface area contributed by atoms with Crippen molar-refractivity contribution in [3.63, 3.8) is 0 Å². The number of hydrogen-bond donors (Lipinski definition) is 2. The lowest BCUT2D eigenvalue weighted by Crippen LogP contribution is -2.46. The molecule has 2 aromatic rings. The zero-order chi connectivity index (χ0) is 26.8. The lowest BCUT2D eigenvalue weighted by atomic mass is 9.93. The first-order valence-electron chi connectivity index (χ1n) is 12.5. The maximum Gasteiger partial charge on any atom is 0.239 e. The van der Waals surface area contributed by atoms with Crippen LogP contribution in [0.15, 0.2) is 42.5 Å². The molecule has 0 aliphatic carbocycles.